The van der Waals surface area contributed by atoms with Gasteiger partial charge in [0.1, 0.15) is 0 Å². The Kier molecular flexibility index (Phi) is 3.38. The molecule has 1 aromatic heterocycles. The second-order valence-electron chi connectivity index (χ2n) is 2.65. The van der Waals surface area contributed by atoms with Crippen LogP contribution in [0.2, 0.25) is 0 Å². The standard InChI is InChI=1S/C7H8BrF2N3O2/c1-3-15-6(14)7(9,10)4-5(8)11-12-13(4)2/h3H2,1-2H3. The van der Waals surface area contributed by atoms with Gasteiger partial charge in [0, 0.05) is 7.05 Å². The van der Waals surface area contributed by atoms with Crippen molar-refractivity contribution in [1.82, 2.24) is 15.0 Å². The number of hydrogen-bond acceptors (Lipinski definition) is 4. The summed E-state index contributed by atoms with van der Waals surface area (Å²) in [6.45, 7) is 1.34. The number of ether oxygens (including phenoxy) is 1. The van der Waals surface area contributed by atoms with Crippen LogP contribution in [0.25, 0.3) is 0 Å². The molecule has 0 spiro atoms. The van der Waals surface area contributed by atoms with Crippen molar-refractivity contribution in [2.45, 2.75) is 12.8 Å². The lowest BCUT2D eigenvalue weighted by Crippen LogP contribution is -2.31. The van der Waals surface area contributed by atoms with Crippen LogP contribution in [0.5, 0.6) is 0 Å². The number of rotatable bonds is 3. The third-order valence-electron chi connectivity index (χ3n) is 1.61. The molecule has 1 aromatic rings. The molecule has 1 rings (SSSR count). The van der Waals surface area contributed by atoms with Gasteiger partial charge in [0.2, 0.25) is 0 Å². The molecule has 84 valence electrons. The van der Waals surface area contributed by atoms with Gasteiger partial charge in [0.05, 0.1) is 6.61 Å². The van der Waals surface area contributed by atoms with Crippen LogP contribution in [0.1, 0.15) is 12.6 Å². The highest BCUT2D eigenvalue weighted by molar-refractivity contribution is 9.10. The Labute approximate surface area is 92.5 Å². The van der Waals surface area contributed by atoms with Gasteiger partial charge in [-0.05, 0) is 22.9 Å². The Hall–Kier alpha value is -1.05. The van der Waals surface area contributed by atoms with Crippen molar-refractivity contribution in [3.63, 3.8) is 0 Å². The molecule has 1 heterocycles. The fourth-order valence-electron chi connectivity index (χ4n) is 0.983. The number of alkyl halides is 2. The fraction of sp³-hybridized carbons (Fsp3) is 0.571. The van der Waals surface area contributed by atoms with Crippen molar-refractivity contribution in [1.29, 1.82) is 0 Å². The molecule has 0 saturated heterocycles. The first-order chi connectivity index (χ1) is 6.91. The van der Waals surface area contributed by atoms with Gasteiger partial charge in [-0.25, -0.2) is 9.48 Å². The first kappa shape index (κ1) is 12.0. The monoisotopic (exact) mass is 283 g/mol. The molecular formula is C7H8BrF2N3O2. The normalized spacial score (nSPS) is 11.5. The maximum atomic E-state index is 13.5. The molecule has 15 heavy (non-hydrogen) atoms. The number of halogens is 3. The van der Waals surface area contributed by atoms with E-state index in [1.54, 1.807) is 0 Å². The number of carbonyl (C=O) groups excluding carboxylic acids is 1. The minimum absolute atomic E-state index is 0.114. The zero-order chi connectivity index (χ0) is 11.6. The number of aromatic nitrogens is 3. The van der Waals surface area contributed by atoms with E-state index in [-0.39, 0.29) is 11.2 Å². The molecule has 0 saturated carbocycles. The van der Waals surface area contributed by atoms with E-state index >= 15 is 0 Å². The molecule has 0 aromatic carbocycles. The molecule has 0 N–H and O–H groups in total. The van der Waals surface area contributed by atoms with E-state index in [0.29, 0.717) is 0 Å². The molecule has 0 fully saturated rings. The maximum Gasteiger partial charge on any atom is 0.386 e. The van der Waals surface area contributed by atoms with E-state index in [1.165, 1.54) is 14.0 Å². The summed E-state index contributed by atoms with van der Waals surface area (Å²) in [5, 5.41) is 6.72. The van der Waals surface area contributed by atoms with Crippen LogP contribution in [-0.2, 0) is 22.5 Å². The Balaban J connectivity index is 3.10. The van der Waals surface area contributed by atoms with E-state index in [4.69, 9.17) is 0 Å². The molecule has 0 radical (unpaired) electrons. The van der Waals surface area contributed by atoms with Crippen LogP contribution in [0.15, 0.2) is 4.60 Å². The molecular weight excluding hydrogens is 276 g/mol. The quantitative estimate of drug-likeness (QED) is 0.783. The van der Waals surface area contributed by atoms with Gasteiger partial charge in [0.25, 0.3) is 0 Å². The zero-order valence-corrected chi connectivity index (χ0v) is 9.59. The number of carbonyl (C=O) groups is 1. The van der Waals surface area contributed by atoms with E-state index in [2.05, 4.69) is 31.0 Å². The minimum atomic E-state index is -3.76. The highest BCUT2D eigenvalue weighted by Crippen LogP contribution is 2.32. The lowest BCUT2D eigenvalue weighted by atomic mass is 10.2. The Bertz CT molecular complexity index is 361. The maximum absolute atomic E-state index is 13.5. The Morgan fingerprint density at radius 3 is 2.67 bits per heavy atom. The van der Waals surface area contributed by atoms with Crippen molar-refractivity contribution < 1.29 is 18.3 Å². The highest BCUT2D eigenvalue weighted by atomic mass is 79.9. The summed E-state index contributed by atoms with van der Waals surface area (Å²) < 4.78 is 31.9. The van der Waals surface area contributed by atoms with Gasteiger partial charge in [-0.15, -0.1) is 5.10 Å². The smallest absolute Gasteiger partial charge is 0.386 e. The van der Waals surface area contributed by atoms with Crippen LogP contribution in [0.3, 0.4) is 0 Å². The fourth-order valence-corrected chi connectivity index (χ4v) is 1.56. The van der Waals surface area contributed by atoms with Crippen molar-refractivity contribution >= 4 is 21.9 Å². The van der Waals surface area contributed by atoms with E-state index in [1.807, 2.05) is 0 Å². The third kappa shape index (κ3) is 2.14. The molecule has 0 aliphatic heterocycles. The molecule has 5 nitrogen and oxygen atoms in total. The summed E-state index contributed by atoms with van der Waals surface area (Å²) in [6.07, 6.45) is 0. The van der Waals surface area contributed by atoms with Crippen molar-refractivity contribution in [3.05, 3.63) is 10.3 Å². The molecule has 0 unspecified atom stereocenters. The zero-order valence-electron chi connectivity index (χ0n) is 8.00. The van der Waals surface area contributed by atoms with E-state index in [9.17, 15) is 13.6 Å². The second kappa shape index (κ2) is 4.21. The largest absolute Gasteiger partial charge is 0.461 e. The minimum Gasteiger partial charge on any atom is -0.461 e. The predicted molar refractivity (Wildman–Crippen MR) is 49.2 cm³/mol. The summed E-state index contributed by atoms with van der Waals surface area (Å²) in [6, 6.07) is 0. The van der Waals surface area contributed by atoms with Crippen molar-refractivity contribution in [2.75, 3.05) is 6.61 Å². The lowest BCUT2D eigenvalue weighted by molar-refractivity contribution is -0.174. The average molecular weight is 284 g/mol. The number of nitrogens with zero attached hydrogens (tertiary/aromatic N) is 3. The van der Waals surface area contributed by atoms with Gasteiger partial charge in [0.15, 0.2) is 10.3 Å². The van der Waals surface area contributed by atoms with Crippen LogP contribution in [0, 0.1) is 0 Å². The molecule has 0 aliphatic carbocycles. The van der Waals surface area contributed by atoms with Gasteiger partial charge in [-0.2, -0.15) is 8.78 Å². The molecule has 0 atom stereocenters. The summed E-state index contributed by atoms with van der Waals surface area (Å²) >= 11 is 2.79. The summed E-state index contributed by atoms with van der Waals surface area (Å²) in [5.41, 5.74) is -0.624. The first-order valence-electron chi connectivity index (χ1n) is 4.02. The van der Waals surface area contributed by atoms with E-state index < -0.39 is 17.6 Å². The van der Waals surface area contributed by atoms with Gasteiger partial charge < -0.3 is 4.74 Å². The topological polar surface area (TPSA) is 57.0 Å². The van der Waals surface area contributed by atoms with Crippen LogP contribution in [0.4, 0.5) is 8.78 Å². The second-order valence-corrected chi connectivity index (χ2v) is 3.40. The van der Waals surface area contributed by atoms with Gasteiger partial charge in [-0.1, -0.05) is 5.21 Å². The number of aryl methyl sites for hydroxylation is 1. The summed E-state index contributed by atoms with van der Waals surface area (Å²) in [7, 11) is 1.26. The molecule has 0 amide bonds. The number of esters is 1. The van der Waals surface area contributed by atoms with E-state index in [0.717, 1.165) is 4.68 Å². The molecule has 0 bridgehead atoms. The SMILES string of the molecule is CCOC(=O)C(F)(F)c1c(Br)nnn1C. The number of hydrogen-bond donors (Lipinski definition) is 0. The lowest BCUT2D eigenvalue weighted by Gasteiger charge is -2.14. The van der Waals surface area contributed by atoms with Gasteiger partial charge >= 0.3 is 11.9 Å². The van der Waals surface area contributed by atoms with Crippen molar-refractivity contribution in [2.24, 2.45) is 7.05 Å². The summed E-state index contributed by atoms with van der Waals surface area (Å²) in [5.74, 6) is -5.37. The summed E-state index contributed by atoms with van der Waals surface area (Å²) in [4.78, 5) is 11.0. The molecule has 8 heteroatoms. The first-order valence-corrected chi connectivity index (χ1v) is 4.81. The van der Waals surface area contributed by atoms with Crippen LogP contribution < -0.4 is 0 Å². The Morgan fingerprint density at radius 2 is 2.27 bits per heavy atom. The predicted octanol–water partition coefficient (Wildman–Crippen LogP) is 1.23. The van der Waals surface area contributed by atoms with Gasteiger partial charge in [-0.3, -0.25) is 0 Å². The van der Waals surface area contributed by atoms with Crippen LogP contribution >= 0.6 is 15.9 Å². The highest BCUT2D eigenvalue weighted by Gasteiger charge is 2.47. The average Bonchev–Trinajstić information content (AvgIpc) is 2.46. The third-order valence-corrected chi connectivity index (χ3v) is 2.15. The van der Waals surface area contributed by atoms with Crippen LogP contribution in [-0.4, -0.2) is 27.6 Å². The molecule has 0 aliphatic rings. The van der Waals surface area contributed by atoms with Crippen molar-refractivity contribution in [3.8, 4) is 0 Å². The Morgan fingerprint density at radius 1 is 1.67 bits per heavy atom.